The molecule has 0 spiro atoms. The molecular weight excluding hydrogens is 134 g/mol. The zero-order valence-electron chi connectivity index (χ0n) is 5.30. The molecule has 0 aliphatic carbocycles. The Bertz CT molecular complexity index is 134. The van der Waals surface area contributed by atoms with E-state index in [-0.39, 0.29) is 0 Å². The largest absolute Gasteiger partial charge is 0.309 e. The van der Waals surface area contributed by atoms with Gasteiger partial charge < -0.3 is 5.32 Å². The first kappa shape index (κ1) is 5.86. The van der Waals surface area contributed by atoms with E-state index in [1.807, 2.05) is 0 Å². The Morgan fingerprint density at radius 3 is 2.33 bits per heavy atom. The van der Waals surface area contributed by atoms with Crippen LogP contribution in [0.2, 0.25) is 0 Å². The van der Waals surface area contributed by atoms with Crippen LogP contribution in [0.5, 0.6) is 0 Å². The first-order valence-electron chi connectivity index (χ1n) is 3.45. The van der Waals surface area contributed by atoms with E-state index < -0.39 is 10.8 Å². The molecule has 2 aliphatic rings. The van der Waals surface area contributed by atoms with Gasteiger partial charge in [-0.15, -0.1) is 0 Å². The van der Waals surface area contributed by atoms with Crippen molar-refractivity contribution in [1.82, 2.24) is 5.32 Å². The molecule has 2 saturated heterocycles. The molecule has 0 aromatic carbocycles. The van der Waals surface area contributed by atoms with Crippen molar-refractivity contribution in [2.75, 3.05) is 11.5 Å². The predicted molar refractivity (Wildman–Crippen MR) is 37.8 cm³/mol. The quantitative estimate of drug-likeness (QED) is 0.514. The van der Waals surface area contributed by atoms with Gasteiger partial charge in [-0.25, -0.2) is 0 Å². The molecule has 2 fully saturated rings. The van der Waals surface area contributed by atoms with Crippen LogP contribution in [0.3, 0.4) is 0 Å². The van der Waals surface area contributed by atoms with Crippen LogP contribution in [0.1, 0.15) is 12.8 Å². The van der Waals surface area contributed by atoms with E-state index in [9.17, 15) is 4.21 Å². The summed E-state index contributed by atoms with van der Waals surface area (Å²) in [5, 5.41) is 3.43. The summed E-state index contributed by atoms with van der Waals surface area (Å²) in [6, 6.07) is 1.18. The third-order valence-electron chi connectivity index (χ3n) is 2.11. The van der Waals surface area contributed by atoms with Crippen molar-refractivity contribution in [2.45, 2.75) is 24.9 Å². The van der Waals surface area contributed by atoms with Gasteiger partial charge in [-0.3, -0.25) is 4.21 Å². The standard InChI is InChI=1S/C6H11NOS/c8-9-3-5-1-2-6(4-9)7-5/h5-7H,1-4H2. The Kier molecular flexibility index (Phi) is 1.34. The van der Waals surface area contributed by atoms with Gasteiger partial charge in [0, 0.05) is 34.4 Å². The molecule has 1 N–H and O–H groups in total. The molecule has 0 aromatic rings. The Balaban J connectivity index is 2.11. The van der Waals surface area contributed by atoms with E-state index in [0.29, 0.717) is 12.1 Å². The zero-order valence-corrected chi connectivity index (χ0v) is 6.12. The van der Waals surface area contributed by atoms with Crippen LogP contribution in [0.15, 0.2) is 0 Å². The average Bonchev–Trinajstić information content (AvgIpc) is 2.11. The molecule has 2 rings (SSSR count). The highest BCUT2D eigenvalue weighted by atomic mass is 32.2. The third-order valence-corrected chi connectivity index (χ3v) is 3.66. The third kappa shape index (κ3) is 1.03. The molecular formula is C6H11NOS. The van der Waals surface area contributed by atoms with Gasteiger partial charge in [-0.1, -0.05) is 0 Å². The van der Waals surface area contributed by atoms with Gasteiger partial charge in [0.25, 0.3) is 0 Å². The highest BCUT2D eigenvalue weighted by molar-refractivity contribution is 7.85. The first-order valence-corrected chi connectivity index (χ1v) is 4.94. The molecule has 0 saturated carbocycles. The van der Waals surface area contributed by atoms with E-state index in [0.717, 1.165) is 11.5 Å². The van der Waals surface area contributed by atoms with Gasteiger partial charge in [0.1, 0.15) is 0 Å². The molecule has 2 aliphatic heterocycles. The minimum absolute atomic E-state index is 0.500. The SMILES string of the molecule is O=S1CC2CCC(C1)N2. The normalized spacial score (nSPS) is 49.6. The fourth-order valence-corrected chi connectivity index (χ4v) is 3.24. The number of fused-ring (bicyclic) bond motifs is 2. The highest BCUT2D eigenvalue weighted by Gasteiger charge is 2.31. The van der Waals surface area contributed by atoms with Gasteiger partial charge in [-0.2, -0.15) is 0 Å². The fourth-order valence-electron chi connectivity index (χ4n) is 1.68. The summed E-state index contributed by atoms with van der Waals surface area (Å²) >= 11 is 0. The summed E-state index contributed by atoms with van der Waals surface area (Å²) in [4.78, 5) is 0. The van der Waals surface area contributed by atoms with Crippen LogP contribution in [0.25, 0.3) is 0 Å². The minimum atomic E-state index is -0.500. The second-order valence-electron chi connectivity index (χ2n) is 2.91. The molecule has 3 heteroatoms. The van der Waals surface area contributed by atoms with Crippen molar-refractivity contribution in [3.05, 3.63) is 0 Å². The van der Waals surface area contributed by atoms with Crippen LogP contribution in [0, 0.1) is 0 Å². The van der Waals surface area contributed by atoms with Crippen molar-refractivity contribution in [3.63, 3.8) is 0 Å². The minimum Gasteiger partial charge on any atom is -0.309 e. The summed E-state index contributed by atoms with van der Waals surface area (Å²) in [7, 11) is -0.500. The van der Waals surface area contributed by atoms with Crippen molar-refractivity contribution in [2.24, 2.45) is 0 Å². The maximum atomic E-state index is 11.0. The Morgan fingerprint density at radius 1 is 1.22 bits per heavy atom. The van der Waals surface area contributed by atoms with Crippen molar-refractivity contribution in [1.29, 1.82) is 0 Å². The van der Waals surface area contributed by atoms with Crippen molar-refractivity contribution >= 4 is 10.8 Å². The number of rotatable bonds is 0. The molecule has 2 atom stereocenters. The second kappa shape index (κ2) is 2.06. The van der Waals surface area contributed by atoms with E-state index in [1.54, 1.807) is 0 Å². The fraction of sp³-hybridized carbons (Fsp3) is 1.00. The molecule has 2 nitrogen and oxygen atoms in total. The Morgan fingerprint density at radius 2 is 1.78 bits per heavy atom. The molecule has 0 amide bonds. The lowest BCUT2D eigenvalue weighted by Crippen LogP contribution is -2.42. The zero-order chi connectivity index (χ0) is 6.27. The maximum Gasteiger partial charge on any atom is 0.0389 e. The van der Waals surface area contributed by atoms with E-state index in [1.165, 1.54) is 12.8 Å². The van der Waals surface area contributed by atoms with Gasteiger partial charge in [0.05, 0.1) is 0 Å². The first-order chi connectivity index (χ1) is 4.34. The number of hydrogen-bond acceptors (Lipinski definition) is 2. The highest BCUT2D eigenvalue weighted by Crippen LogP contribution is 2.18. The lowest BCUT2D eigenvalue weighted by molar-refractivity contribution is 0.569. The van der Waals surface area contributed by atoms with E-state index >= 15 is 0 Å². The van der Waals surface area contributed by atoms with Gasteiger partial charge >= 0.3 is 0 Å². The van der Waals surface area contributed by atoms with Crippen LogP contribution in [0.4, 0.5) is 0 Å². The summed E-state index contributed by atoms with van der Waals surface area (Å²) in [6.45, 7) is 0. The number of hydrogen-bond donors (Lipinski definition) is 1. The Labute approximate surface area is 57.5 Å². The van der Waals surface area contributed by atoms with Gasteiger partial charge in [0.15, 0.2) is 0 Å². The topological polar surface area (TPSA) is 29.1 Å². The molecule has 2 bridgehead atoms. The summed E-state index contributed by atoms with van der Waals surface area (Å²) in [5.74, 6) is 1.80. The molecule has 2 unspecified atom stereocenters. The van der Waals surface area contributed by atoms with Gasteiger partial charge in [0.2, 0.25) is 0 Å². The van der Waals surface area contributed by atoms with E-state index in [2.05, 4.69) is 5.32 Å². The maximum absolute atomic E-state index is 11.0. The number of nitrogens with one attached hydrogen (secondary N) is 1. The lowest BCUT2D eigenvalue weighted by Gasteiger charge is -2.19. The lowest BCUT2D eigenvalue weighted by atomic mass is 10.2. The second-order valence-corrected chi connectivity index (χ2v) is 4.46. The average molecular weight is 145 g/mol. The predicted octanol–water partition coefficient (Wildman–Crippen LogP) is -0.131. The summed E-state index contributed by atoms with van der Waals surface area (Å²) < 4.78 is 11.0. The van der Waals surface area contributed by atoms with Crippen LogP contribution < -0.4 is 5.32 Å². The Hall–Kier alpha value is 0.110. The van der Waals surface area contributed by atoms with Crippen molar-refractivity contribution < 1.29 is 4.21 Å². The van der Waals surface area contributed by atoms with Crippen LogP contribution in [-0.2, 0) is 10.8 Å². The molecule has 9 heavy (non-hydrogen) atoms. The van der Waals surface area contributed by atoms with Crippen molar-refractivity contribution in [3.8, 4) is 0 Å². The molecule has 0 aromatic heterocycles. The van der Waals surface area contributed by atoms with Gasteiger partial charge in [-0.05, 0) is 12.8 Å². The molecule has 52 valence electrons. The molecule has 0 radical (unpaired) electrons. The summed E-state index contributed by atoms with van der Waals surface area (Å²) in [5.41, 5.74) is 0. The molecule has 2 heterocycles. The summed E-state index contributed by atoms with van der Waals surface area (Å²) in [6.07, 6.45) is 2.49. The van der Waals surface area contributed by atoms with Crippen LogP contribution >= 0.6 is 0 Å². The van der Waals surface area contributed by atoms with Crippen LogP contribution in [-0.4, -0.2) is 27.8 Å². The van der Waals surface area contributed by atoms with E-state index in [4.69, 9.17) is 0 Å². The monoisotopic (exact) mass is 145 g/mol. The smallest absolute Gasteiger partial charge is 0.0389 e.